The molecule has 5 rings (SSSR count). The summed E-state index contributed by atoms with van der Waals surface area (Å²) in [5, 5.41) is 0. The van der Waals surface area contributed by atoms with Crippen molar-refractivity contribution >= 4 is 17.8 Å². The number of carbonyl (C=O) groups is 2. The van der Waals surface area contributed by atoms with Gasteiger partial charge >= 0.3 is 0 Å². The summed E-state index contributed by atoms with van der Waals surface area (Å²) in [5.41, 5.74) is 11.2. The Hall–Kier alpha value is -2.96. The maximum atomic E-state index is 12.1. The lowest BCUT2D eigenvalue weighted by molar-refractivity contribution is -0.128. The van der Waals surface area contributed by atoms with Crippen LogP contribution in [0, 0.1) is 5.92 Å². The number of likely N-dealkylation sites (tertiary alicyclic amines) is 1. The second kappa shape index (κ2) is 7.62. The second-order valence-corrected chi connectivity index (χ2v) is 9.15. The molecule has 7 heteroatoms. The van der Waals surface area contributed by atoms with E-state index in [4.69, 9.17) is 15.7 Å². The molecule has 7 nitrogen and oxygen atoms in total. The molecule has 2 N–H and O–H groups in total. The Labute approximate surface area is 182 Å². The molecule has 0 saturated carbocycles. The predicted molar refractivity (Wildman–Crippen MR) is 119 cm³/mol. The number of fused-ring (bicyclic) bond motifs is 1. The Kier molecular flexibility index (Phi) is 4.91. The minimum atomic E-state index is -0.368. The van der Waals surface area contributed by atoms with Gasteiger partial charge in [-0.3, -0.25) is 9.59 Å². The van der Waals surface area contributed by atoms with Gasteiger partial charge in [0, 0.05) is 55.3 Å². The van der Waals surface area contributed by atoms with E-state index in [1.54, 1.807) is 11.8 Å². The van der Waals surface area contributed by atoms with Crippen LogP contribution < -0.4 is 10.6 Å². The first-order valence-corrected chi connectivity index (χ1v) is 11.2. The zero-order valence-corrected chi connectivity index (χ0v) is 18.2. The fraction of sp³-hybridized carbons (Fsp3) is 0.500. The van der Waals surface area contributed by atoms with Crippen LogP contribution in [0.3, 0.4) is 0 Å². The van der Waals surface area contributed by atoms with Crippen molar-refractivity contribution < 1.29 is 9.59 Å². The number of anilines is 1. The molecule has 0 radical (unpaired) electrons. The highest BCUT2D eigenvalue weighted by Crippen LogP contribution is 2.37. The molecule has 0 spiro atoms. The summed E-state index contributed by atoms with van der Waals surface area (Å²) in [6, 6.07) is 8.76. The number of aryl methyl sites for hydroxylation is 1. The van der Waals surface area contributed by atoms with Crippen LogP contribution in [0.1, 0.15) is 49.4 Å². The number of nitrogens with two attached hydrogens (primary N) is 1. The van der Waals surface area contributed by atoms with Crippen molar-refractivity contribution in [3.05, 3.63) is 41.1 Å². The summed E-state index contributed by atoms with van der Waals surface area (Å²) in [6.07, 6.45) is 4.28. The maximum Gasteiger partial charge on any atom is 0.226 e. The van der Waals surface area contributed by atoms with Crippen molar-refractivity contribution in [1.29, 1.82) is 0 Å². The van der Waals surface area contributed by atoms with Crippen LogP contribution in [0.15, 0.2) is 24.3 Å². The first kappa shape index (κ1) is 20.0. The van der Waals surface area contributed by atoms with Crippen LogP contribution in [-0.2, 0) is 22.4 Å². The molecule has 0 bridgehead atoms. The molecule has 2 saturated heterocycles. The van der Waals surface area contributed by atoms with Crippen molar-refractivity contribution in [2.75, 3.05) is 24.5 Å². The molecule has 0 unspecified atom stereocenters. The highest BCUT2D eigenvalue weighted by molar-refractivity contribution is 5.81. The SMILES string of the molecule is CC(=O)N1C[C@H](C(N)=O)[C@@H](c2cccc(-c3nc(N4CC[C@@H]4C)nc4c3CCC4)c2)C1. The van der Waals surface area contributed by atoms with Crippen molar-refractivity contribution in [2.45, 2.75) is 51.5 Å². The van der Waals surface area contributed by atoms with Crippen molar-refractivity contribution in [2.24, 2.45) is 11.7 Å². The number of carbonyl (C=O) groups excluding carboxylic acids is 2. The molecular formula is C24H29N5O2. The minimum absolute atomic E-state index is 0.0214. The van der Waals surface area contributed by atoms with Gasteiger partial charge in [0.15, 0.2) is 0 Å². The summed E-state index contributed by atoms with van der Waals surface area (Å²) in [5.74, 6) is 0.000261. The molecule has 1 aromatic carbocycles. The largest absolute Gasteiger partial charge is 0.369 e. The number of hydrogen-bond acceptors (Lipinski definition) is 5. The van der Waals surface area contributed by atoms with E-state index in [1.807, 2.05) is 12.1 Å². The van der Waals surface area contributed by atoms with Crippen molar-refractivity contribution in [3.63, 3.8) is 0 Å². The Morgan fingerprint density at radius 2 is 2.00 bits per heavy atom. The van der Waals surface area contributed by atoms with Crippen molar-refractivity contribution in [1.82, 2.24) is 14.9 Å². The van der Waals surface area contributed by atoms with Gasteiger partial charge in [-0.15, -0.1) is 0 Å². The number of amides is 2. The van der Waals surface area contributed by atoms with Gasteiger partial charge in [-0.25, -0.2) is 9.97 Å². The first-order chi connectivity index (χ1) is 14.9. The molecule has 2 fully saturated rings. The zero-order chi connectivity index (χ0) is 21.7. The number of rotatable bonds is 4. The van der Waals surface area contributed by atoms with E-state index in [0.717, 1.165) is 48.6 Å². The summed E-state index contributed by atoms with van der Waals surface area (Å²) in [4.78, 5) is 37.9. The van der Waals surface area contributed by atoms with Gasteiger partial charge in [0.25, 0.3) is 0 Å². The van der Waals surface area contributed by atoms with E-state index in [1.165, 1.54) is 17.7 Å². The zero-order valence-electron chi connectivity index (χ0n) is 18.2. The van der Waals surface area contributed by atoms with Gasteiger partial charge in [-0.05, 0) is 44.2 Å². The topological polar surface area (TPSA) is 92.4 Å². The van der Waals surface area contributed by atoms with Crippen LogP contribution in [0.5, 0.6) is 0 Å². The van der Waals surface area contributed by atoms with E-state index < -0.39 is 0 Å². The van der Waals surface area contributed by atoms with Gasteiger partial charge in [0.1, 0.15) is 0 Å². The van der Waals surface area contributed by atoms with Gasteiger partial charge in [-0.2, -0.15) is 0 Å². The first-order valence-electron chi connectivity index (χ1n) is 11.2. The standard InChI is InChI=1S/C24H29N5O2/c1-14-9-10-29(14)24-26-21-8-4-7-18(21)22(27-24)17-6-3-5-16(11-17)19-12-28(15(2)30)13-20(19)23(25)31/h3,5-6,11,14,19-20H,4,7-10,12-13H2,1-2H3,(H2,25,31)/t14-,19+,20-/m0/s1. The molecule has 1 aromatic heterocycles. The molecule has 3 aliphatic rings. The average Bonchev–Trinajstić information content (AvgIpc) is 3.39. The highest BCUT2D eigenvalue weighted by atomic mass is 16.2. The smallest absolute Gasteiger partial charge is 0.226 e. The third kappa shape index (κ3) is 3.46. The number of primary amides is 1. The van der Waals surface area contributed by atoms with Gasteiger partial charge in [-0.1, -0.05) is 18.2 Å². The summed E-state index contributed by atoms with van der Waals surface area (Å²) in [6.45, 7) is 5.66. The molecular weight excluding hydrogens is 390 g/mol. The van der Waals surface area contributed by atoms with Crippen LogP contribution >= 0.6 is 0 Å². The molecule has 31 heavy (non-hydrogen) atoms. The summed E-state index contributed by atoms with van der Waals surface area (Å²) >= 11 is 0. The molecule has 2 aromatic rings. The molecule has 2 aliphatic heterocycles. The molecule has 3 atom stereocenters. The monoisotopic (exact) mass is 419 g/mol. The molecule has 2 amide bonds. The Morgan fingerprint density at radius 1 is 1.16 bits per heavy atom. The quantitative estimate of drug-likeness (QED) is 0.821. The number of benzene rings is 1. The third-order valence-electron chi connectivity index (χ3n) is 7.22. The average molecular weight is 420 g/mol. The van der Waals surface area contributed by atoms with E-state index in [-0.39, 0.29) is 23.7 Å². The van der Waals surface area contributed by atoms with E-state index in [9.17, 15) is 9.59 Å². The minimum Gasteiger partial charge on any atom is -0.369 e. The highest BCUT2D eigenvalue weighted by Gasteiger charge is 2.38. The maximum absolute atomic E-state index is 12.1. The van der Waals surface area contributed by atoms with Gasteiger partial charge in [0.2, 0.25) is 17.8 Å². The number of hydrogen-bond donors (Lipinski definition) is 1. The Morgan fingerprint density at radius 3 is 2.68 bits per heavy atom. The lowest BCUT2D eigenvalue weighted by atomic mass is 9.87. The summed E-state index contributed by atoms with van der Waals surface area (Å²) in [7, 11) is 0. The molecule has 3 heterocycles. The lowest BCUT2D eigenvalue weighted by Crippen LogP contribution is -2.46. The van der Waals surface area contributed by atoms with Crippen LogP contribution in [0.4, 0.5) is 5.95 Å². The Balaban J connectivity index is 1.54. The molecule has 1 aliphatic carbocycles. The van der Waals surface area contributed by atoms with Gasteiger partial charge in [0.05, 0.1) is 11.6 Å². The lowest BCUT2D eigenvalue weighted by Gasteiger charge is -2.39. The van der Waals surface area contributed by atoms with Crippen LogP contribution in [0.25, 0.3) is 11.3 Å². The van der Waals surface area contributed by atoms with Crippen LogP contribution in [-0.4, -0.2) is 52.4 Å². The normalized spacial score (nSPS) is 24.8. The van der Waals surface area contributed by atoms with E-state index >= 15 is 0 Å². The van der Waals surface area contributed by atoms with Crippen molar-refractivity contribution in [3.8, 4) is 11.3 Å². The predicted octanol–water partition coefficient (Wildman–Crippen LogP) is 2.28. The fourth-order valence-electron chi connectivity index (χ4n) is 5.20. The summed E-state index contributed by atoms with van der Waals surface area (Å²) < 4.78 is 0. The Bertz CT molecular complexity index is 1050. The number of aromatic nitrogens is 2. The second-order valence-electron chi connectivity index (χ2n) is 9.15. The van der Waals surface area contributed by atoms with Gasteiger partial charge < -0.3 is 15.5 Å². The fourth-order valence-corrected chi connectivity index (χ4v) is 5.20. The van der Waals surface area contributed by atoms with Crippen LogP contribution in [0.2, 0.25) is 0 Å². The number of nitrogens with zero attached hydrogens (tertiary/aromatic N) is 4. The molecule has 162 valence electrons. The van der Waals surface area contributed by atoms with E-state index in [0.29, 0.717) is 19.1 Å². The third-order valence-corrected chi connectivity index (χ3v) is 7.22. The van der Waals surface area contributed by atoms with E-state index in [2.05, 4.69) is 24.0 Å².